The minimum Gasteiger partial charge on any atom is -0.467 e. The molecule has 2 atom stereocenters. The molecule has 2 amide bonds. The molecule has 1 aromatic rings. The van der Waals surface area contributed by atoms with E-state index in [2.05, 4.69) is 19.2 Å². The first-order valence-corrected chi connectivity index (χ1v) is 11.6. The number of rotatable bonds is 15. The molecule has 0 aliphatic rings. The Morgan fingerprint density at radius 2 is 1.71 bits per heavy atom. The number of nitrogens with one attached hydrogen (secondary N) is 1. The van der Waals surface area contributed by atoms with Crippen molar-refractivity contribution in [3.05, 3.63) is 35.9 Å². The van der Waals surface area contributed by atoms with Gasteiger partial charge in [0, 0.05) is 31.8 Å². The molecule has 1 aromatic carbocycles. The summed E-state index contributed by atoms with van der Waals surface area (Å²) in [4.78, 5) is 39.3. The third kappa shape index (κ3) is 10.5. The van der Waals surface area contributed by atoms with Crippen LogP contribution in [0.25, 0.3) is 0 Å². The van der Waals surface area contributed by atoms with E-state index in [1.54, 1.807) is 0 Å². The van der Waals surface area contributed by atoms with E-state index in [1.165, 1.54) is 7.11 Å². The first-order chi connectivity index (χ1) is 14.9. The Kier molecular flexibility index (Phi) is 13.3. The van der Waals surface area contributed by atoms with Gasteiger partial charge in [-0.15, -0.1) is 0 Å². The number of ether oxygens (including phenoxy) is 1. The van der Waals surface area contributed by atoms with Gasteiger partial charge in [-0.3, -0.25) is 9.59 Å². The lowest BCUT2D eigenvalue weighted by Gasteiger charge is -2.24. The van der Waals surface area contributed by atoms with Crippen LogP contribution in [-0.4, -0.2) is 48.9 Å². The first-order valence-electron chi connectivity index (χ1n) is 11.6. The lowest BCUT2D eigenvalue weighted by molar-refractivity contribution is -0.145. The Morgan fingerprint density at radius 3 is 2.32 bits per heavy atom. The second kappa shape index (κ2) is 15.4. The van der Waals surface area contributed by atoms with Crippen molar-refractivity contribution in [1.82, 2.24) is 10.2 Å². The van der Waals surface area contributed by atoms with Crippen LogP contribution in [-0.2, 0) is 25.5 Å². The van der Waals surface area contributed by atoms with Crippen molar-refractivity contribution in [2.75, 3.05) is 20.2 Å². The van der Waals surface area contributed by atoms with Gasteiger partial charge in [0.25, 0.3) is 0 Å². The molecule has 6 heteroatoms. The molecule has 0 heterocycles. The fourth-order valence-corrected chi connectivity index (χ4v) is 3.47. The van der Waals surface area contributed by atoms with Crippen molar-refractivity contribution in [1.29, 1.82) is 0 Å². The van der Waals surface area contributed by atoms with Gasteiger partial charge in [0.05, 0.1) is 7.11 Å². The van der Waals surface area contributed by atoms with E-state index >= 15 is 0 Å². The molecule has 0 fully saturated rings. The molecular formula is C25H40N2O4. The van der Waals surface area contributed by atoms with Gasteiger partial charge in [0.2, 0.25) is 11.8 Å². The number of benzene rings is 1. The van der Waals surface area contributed by atoms with Crippen LogP contribution in [0.2, 0.25) is 0 Å². The standard InChI is InChI=1S/C25H40N2O4/c1-5-7-8-12-15-23(28)27(17-6-2)18-16-20(3)24(29)26-22(25(30)31-4)19-21-13-10-9-11-14-21/h9-11,13-14,20,22H,5-8,12,15-19H2,1-4H3,(H,26,29)/t20?,22-/m0/s1. The summed E-state index contributed by atoms with van der Waals surface area (Å²) in [6.07, 6.45) is 6.71. The lowest BCUT2D eigenvalue weighted by Crippen LogP contribution is -2.45. The number of hydrogen-bond donors (Lipinski definition) is 1. The predicted octanol–water partition coefficient (Wildman–Crippen LogP) is 4.12. The molecule has 6 nitrogen and oxygen atoms in total. The van der Waals surface area contributed by atoms with E-state index in [-0.39, 0.29) is 17.7 Å². The van der Waals surface area contributed by atoms with Crippen molar-refractivity contribution >= 4 is 17.8 Å². The summed E-state index contributed by atoms with van der Waals surface area (Å²) in [7, 11) is 1.32. The first kappa shape index (κ1) is 26.7. The van der Waals surface area contributed by atoms with E-state index in [0.29, 0.717) is 32.4 Å². The van der Waals surface area contributed by atoms with Gasteiger partial charge < -0.3 is 15.0 Å². The summed E-state index contributed by atoms with van der Waals surface area (Å²) >= 11 is 0. The highest BCUT2D eigenvalue weighted by atomic mass is 16.5. The van der Waals surface area contributed by atoms with Crippen molar-refractivity contribution in [3.63, 3.8) is 0 Å². The third-order valence-electron chi connectivity index (χ3n) is 5.45. The summed E-state index contributed by atoms with van der Waals surface area (Å²) in [6, 6.07) is 8.81. The number of amides is 2. The maximum absolute atomic E-state index is 12.7. The number of carbonyl (C=O) groups excluding carboxylic acids is 3. The second-order valence-electron chi connectivity index (χ2n) is 8.16. The summed E-state index contributed by atoms with van der Waals surface area (Å²) in [5.41, 5.74) is 0.952. The fourth-order valence-electron chi connectivity index (χ4n) is 3.47. The minimum absolute atomic E-state index is 0.169. The number of unbranched alkanes of at least 4 members (excludes halogenated alkanes) is 3. The Balaban J connectivity index is 2.59. The molecule has 0 spiro atoms. The molecule has 1 unspecified atom stereocenters. The Hall–Kier alpha value is -2.37. The molecular weight excluding hydrogens is 392 g/mol. The fraction of sp³-hybridized carbons (Fsp3) is 0.640. The number of carbonyl (C=O) groups is 3. The summed E-state index contributed by atoms with van der Waals surface area (Å²) in [5.74, 6) is -0.797. The summed E-state index contributed by atoms with van der Waals surface area (Å²) in [6.45, 7) is 7.30. The van der Waals surface area contributed by atoms with Gasteiger partial charge in [0.1, 0.15) is 6.04 Å². The second-order valence-corrected chi connectivity index (χ2v) is 8.16. The van der Waals surface area contributed by atoms with Crippen LogP contribution in [0.15, 0.2) is 30.3 Å². The predicted molar refractivity (Wildman–Crippen MR) is 124 cm³/mol. The molecule has 0 radical (unpaired) electrons. The van der Waals surface area contributed by atoms with Gasteiger partial charge in [-0.2, -0.15) is 0 Å². The van der Waals surface area contributed by atoms with Crippen LogP contribution in [0.5, 0.6) is 0 Å². The molecule has 0 saturated carbocycles. The SMILES string of the molecule is CCCCCCC(=O)N(CCC)CCC(C)C(=O)N[C@@H](Cc1ccccc1)C(=O)OC. The van der Waals surface area contributed by atoms with Gasteiger partial charge in [-0.25, -0.2) is 4.79 Å². The van der Waals surface area contributed by atoms with E-state index in [0.717, 1.165) is 37.7 Å². The smallest absolute Gasteiger partial charge is 0.328 e. The number of nitrogens with zero attached hydrogens (tertiary/aromatic N) is 1. The van der Waals surface area contributed by atoms with E-state index in [4.69, 9.17) is 4.74 Å². The average Bonchev–Trinajstić information content (AvgIpc) is 2.78. The molecule has 1 rings (SSSR count). The minimum atomic E-state index is -0.728. The number of methoxy groups -OCH3 is 1. The summed E-state index contributed by atoms with van der Waals surface area (Å²) in [5, 5.41) is 2.83. The van der Waals surface area contributed by atoms with Gasteiger partial charge in [-0.05, 0) is 24.8 Å². The third-order valence-corrected chi connectivity index (χ3v) is 5.45. The van der Waals surface area contributed by atoms with Crippen molar-refractivity contribution in [2.24, 2.45) is 5.92 Å². The van der Waals surface area contributed by atoms with Gasteiger partial charge >= 0.3 is 5.97 Å². The maximum Gasteiger partial charge on any atom is 0.328 e. The molecule has 1 N–H and O–H groups in total. The number of hydrogen-bond acceptors (Lipinski definition) is 4. The Labute approximate surface area is 187 Å². The van der Waals surface area contributed by atoms with E-state index in [1.807, 2.05) is 42.2 Å². The quantitative estimate of drug-likeness (QED) is 0.334. The molecule has 174 valence electrons. The van der Waals surface area contributed by atoms with E-state index < -0.39 is 12.0 Å². The lowest BCUT2D eigenvalue weighted by atomic mass is 10.0. The highest BCUT2D eigenvalue weighted by Crippen LogP contribution is 2.11. The van der Waals surface area contributed by atoms with Gasteiger partial charge in [-0.1, -0.05) is 70.4 Å². The monoisotopic (exact) mass is 432 g/mol. The molecule has 0 saturated heterocycles. The normalized spacial score (nSPS) is 12.6. The van der Waals surface area contributed by atoms with Crippen molar-refractivity contribution < 1.29 is 19.1 Å². The van der Waals surface area contributed by atoms with Crippen molar-refractivity contribution in [3.8, 4) is 0 Å². The highest BCUT2D eigenvalue weighted by Gasteiger charge is 2.25. The molecule has 0 bridgehead atoms. The Morgan fingerprint density at radius 1 is 1.00 bits per heavy atom. The zero-order chi connectivity index (χ0) is 23.1. The van der Waals surface area contributed by atoms with Crippen LogP contribution in [0, 0.1) is 5.92 Å². The van der Waals surface area contributed by atoms with Crippen LogP contribution < -0.4 is 5.32 Å². The number of esters is 1. The highest BCUT2D eigenvalue weighted by molar-refractivity contribution is 5.85. The average molecular weight is 433 g/mol. The van der Waals surface area contributed by atoms with Crippen LogP contribution in [0.4, 0.5) is 0 Å². The molecule has 0 aliphatic carbocycles. The maximum atomic E-state index is 12.7. The van der Waals surface area contributed by atoms with Crippen LogP contribution in [0.3, 0.4) is 0 Å². The van der Waals surface area contributed by atoms with E-state index in [9.17, 15) is 14.4 Å². The van der Waals surface area contributed by atoms with Crippen LogP contribution >= 0.6 is 0 Å². The largest absolute Gasteiger partial charge is 0.467 e. The molecule has 31 heavy (non-hydrogen) atoms. The molecule has 0 aromatic heterocycles. The molecule has 0 aliphatic heterocycles. The van der Waals surface area contributed by atoms with Crippen molar-refractivity contribution in [2.45, 2.75) is 78.2 Å². The van der Waals surface area contributed by atoms with Gasteiger partial charge in [0.15, 0.2) is 0 Å². The zero-order valence-electron chi connectivity index (χ0n) is 19.7. The van der Waals surface area contributed by atoms with Crippen LogP contribution in [0.1, 0.15) is 71.3 Å². The summed E-state index contributed by atoms with van der Waals surface area (Å²) < 4.78 is 4.88. The Bertz CT molecular complexity index is 663. The zero-order valence-corrected chi connectivity index (χ0v) is 19.7. The topological polar surface area (TPSA) is 75.7 Å².